The summed E-state index contributed by atoms with van der Waals surface area (Å²) >= 11 is 1.35. The number of amides is 1. The van der Waals surface area contributed by atoms with Gasteiger partial charge in [0.05, 0.1) is 11.8 Å². The van der Waals surface area contributed by atoms with Crippen molar-refractivity contribution in [2.75, 3.05) is 20.3 Å². The van der Waals surface area contributed by atoms with E-state index in [0.29, 0.717) is 16.7 Å². The average molecular weight is 292 g/mol. The van der Waals surface area contributed by atoms with Crippen LogP contribution in [0.5, 0.6) is 5.75 Å². The number of nitrogens with two attached hydrogens (primary N) is 1. The number of primary amides is 1. The van der Waals surface area contributed by atoms with E-state index in [0.717, 1.165) is 36.3 Å². The van der Waals surface area contributed by atoms with Crippen LogP contribution in [0.15, 0.2) is 12.1 Å². The predicted molar refractivity (Wildman–Crippen MR) is 77.5 cm³/mol. The van der Waals surface area contributed by atoms with E-state index >= 15 is 0 Å². The van der Waals surface area contributed by atoms with E-state index in [2.05, 4.69) is 11.1 Å². The molecule has 1 aliphatic rings. The average Bonchev–Trinajstić information content (AvgIpc) is 2.92. The van der Waals surface area contributed by atoms with E-state index in [4.69, 9.17) is 15.2 Å². The lowest BCUT2D eigenvalue weighted by molar-refractivity contribution is 0.0856. The molecule has 5 nitrogen and oxygen atoms in total. The predicted octanol–water partition coefficient (Wildman–Crippen LogP) is 2.30. The molecule has 2 N–H and O–H groups in total. The molecule has 0 radical (unpaired) electrons. The summed E-state index contributed by atoms with van der Waals surface area (Å²) in [5.41, 5.74) is 7.29. The molecule has 20 heavy (non-hydrogen) atoms. The van der Waals surface area contributed by atoms with Crippen molar-refractivity contribution in [3.8, 4) is 5.75 Å². The molecule has 6 heteroatoms. The van der Waals surface area contributed by atoms with Gasteiger partial charge in [-0.2, -0.15) is 0 Å². The maximum absolute atomic E-state index is 11.4. The second kappa shape index (κ2) is 5.38. The number of hydrogen-bond donors (Lipinski definition) is 1. The topological polar surface area (TPSA) is 74.4 Å². The van der Waals surface area contributed by atoms with Gasteiger partial charge in [0.15, 0.2) is 5.01 Å². The highest BCUT2D eigenvalue weighted by atomic mass is 32.1. The van der Waals surface area contributed by atoms with Gasteiger partial charge in [-0.15, -0.1) is 11.3 Å². The van der Waals surface area contributed by atoms with Crippen molar-refractivity contribution in [2.45, 2.75) is 18.8 Å². The van der Waals surface area contributed by atoms with Crippen LogP contribution in [0.3, 0.4) is 0 Å². The van der Waals surface area contributed by atoms with Crippen LogP contribution in [0.25, 0.3) is 10.2 Å². The number of fused-ring (bicyclic) bond motifs is 1. The van der Waals surface area contributed by atoms with Crippen molar-refractivity contribution in [1.82, 2.24) is 4.98 Å². The fraction of sp³-hybridized carbons (Fsp3) is 0.429. The molecule has 0 atom stereocenters. The van der Waals surface area contributed by atoms with Crippen molar-refractivity contribution >= 4 is 27.5 Å². The van der Waals surface area contributed by atoms with Gasteiger partial charge in [0.1, 0.15) is 11.3 Å². The van der Waals surface area contributed by atoms with Crippen molar-refractivity contribution < 1.29 is 14.3 Å². The number of hydrogen-bond acceptors (Lipinski definition) is 5. The second-order valence-electron chi connectivity index (χ2n) is 4.80. The maximum atomic E-state index is 11.4. The lowest BCUT2D eigenvalue weighted by Crippen LogP contribution is -2.14. The molecule has 2 heterocycles. The number of aromatic nitrogens is 1. The molecule has 3 rings (SSSR count). The lowest BCUT2D eigenvalue weighted by atomic mass is 9.91. The van der Waals surface area contributed by atoms with E-state index in [-0.39, 0.29) is 0 Å². The van der Waals surface area contributed by atoms with Crippen LogP contribution < -0.4 is 10.5 Å². The molecule has 1 aromatic heterocycles. The fourth-order valence-electron chi connectivity index (χ4n) is 2.60. The Bertz CT molecular complexity index is 647. The molecule has 1 amide bonds. The molecule has 1 fully saturated rings. The molecule has 1 aromatic carbocycles. The zero-order valence-electron chi connectivity index (χ0n) is 11.2. The van der Waals surface area contributed by atoms with E-state index in [1.54, 1.807) is 7.11 Å². The number of benzene rings is 1. The van der Waals surface area contributed by atoms with Crippen LogP contribution in [-0.4, -0.2) is 31.2 Å². The van der Waals surface area contributed by atoms with Crippen molar-refractivity contribution in [2.24, 2.45) is 5.73 Å². The van der Waals surface area contributed by atoms with Crippen LogP contribution >= 0.6 is 11.3 Å². The molecule has 2 aromatic rings. The molecule has 1 aliphatic heterocycles. The highest BCUT2D eigenvalue weighted by Gasteiger charge is 2.22. The summed E-state index contributed by atoms with van der Waals surface area (Å²) in [6.45, 7) is 1.55. The Balaban J connectivity index is 2.14. The minimum atomic E-state index is -0.494. The zero-order valence-corrected chi connectivity index (χ0v) is 12.0. The second-order valence-corrected chi connectivity index (χ2v) is 5.80. The number of methoxy groups -OCH3 is 1. The third-order valence-electron chi connectivity index (χ3n) is 3.63. The summed E-state index contributed by atoms with van der Waals surface area (Å²) in [6, 6.07) is 3.98. The number of carbonyl (C=O) groups is 1. The smallest absolute Gasteiger partial charge is 0.277 e. The van der Waals surface area contributed by atoms with Gasteiger partial charge in [0.25, 0.3) is 5.91 Å². The molecule has 0 unspecified atom stereocenters. The van der Waals surface area contributed by atoms with Crippen LogP contribution in [0.2, 0.25) is 0 Å². The highest BCUT2D eigenvalue weighted by molar-refractivity contribution is 7.20. The summed E-state index contributed by atoms with van der Waals surface area (Å²) in [5, 5.41) is 0.331. The van der Waals surface area contributed by atoms with Crippen LogP contribution in [0, 0.1) is 0 Å². The van der Waals surface area contributed by atoms with Gasteiger partial charge < -0.3 is 15.2 Å². The molecule has 0 saturated carbocycles. The van der Waals surface area contributed by atoms with Gasteiger partial charge in [-0.25, -0.2) is 4.98 Å². The molecular formula is C14H16N2O3S. The Morgan fingerprint density at radius 1 is 1.45 bits per heavy atom. The van der Waals surface area contributed by atoms with Crippen LogP contribution in [-0.2, 0) is 4.74 Å². The van der Waals surface area contributed by atoms with Gasteiger partial charge in [-0.1, -0.05) is 6.07 Å². The summed E-state index contributed by atoms with van der Waals surface area (Å²) in [7, 11) is 1.60. The third-order valence-corrected chi connectivity index (χ3v) is 4.75. The molecule has 1 saturated heterocycles. The summed E-state index contributed by atoms with van der Waals surface area (Å²) in [6.07, 6.45) is 1.98. The molecule has 106 valence electrons. The van der Waals surface area contributed by atoms with Crippen LogP contribution in [0.4, 0.5) is 0 Å². The van der Waals surface area contributed by atoms with E-state index in [9.17, 15) is 4.79 Å². The summed E-state index contributed by atoms with van der Waals surface area (Å²) in [5.74, 6) is 0.629. The monoisotopic (exact) mass is 292 g/mol. The van der Waals surface area contributed by atoms with Gasteiger partial charge in [0.2, 0.25) is 0 Å². The largest absolute Gasteiger partial charge is 0.494 e. The zero-order chi connectivity index (χ0) is 14.1. The maximum Gasteiger partial charge on any atom is 0.277 e. The minimum absolute atomic E-state index is 0.331. The number of carbonyl (C=O) groups excluding carboxylic acids is 1. The SMILES string of the molecule is COc1ccc(C2CCOCC2)c2sc(C(N)=O)nc12. The summed E-state index contributed by atoms with van der Waals surface area (Å²) in [4.78, 5) is 15.7. The first kappa shape index (κ1) is 13.3. The molecular weight excluding hydrogens is 276 g/mol. The van der Waals surface area contributed by atoms with Crippen molar-refractivity contribution in [3.05, 3.63) is 22.7 Å². The lowest BCUT2D eigenvalue weighted by Gasteiger charge is -2.23. The Morgan fingerprint density at radius 3 is 2.85 bits per heavy atom. The van der Waals surface area contributed by atoms with E-state index < -0.39 is 5.91 Å². The van der Waals surface area contributed by atoms with Gasteiger partial charge in [-0.3, -0.25) is 4.79 Å². The standard InChI is InChI=1S/C14H16N2O3S/c1-18-10-3-2-9(8-4-6-19-7-5-8)12-11(10)16-14(20-12)13(15)17/h2-3,8H,4-7H2,1H3,(H2,15,17). The molecule has 0 spiro atoms. The Kier molecular flexibility index (Phi) is 3.58. The third kappa shape index (κ3) is 2.25. The van der Waals surface area contributed by atoms with Gasteiger partial charge >= 0.3 is 0 Å². The van der Waals surface area contributed by atoms with E-state index in [1.165, 1.54) is 16.9 Å². The first-order valence-corrected chi connectivity index (χ1v) is 7.37. The minimum Gasteiger partial charge on any atom is -0.494 e. The van der Waals surface area contributed by atoms with E-state index in [1.807, 2.05) is 6.07 Å². The highest BCUT2D eigenvalue weighted by Crippen LogP contribution is 2.39. The number of rotatable bonds is 3. The normalized spacial score (nSPS) is 16.4. The van der Waals surface area contributed by atoms with Gasteiger partial charge in [-0.05, 0) is 30.4 Å². The van der Waals surface area contributed by atoms with Crippen LogP contribution in [0.1, 0.15) is 34.1 Å². The first-order chi connectivity index (χ1) is 9.70. The first-order valence-electron chi connectivity index (χ1n) is 6.55. The van der Waals surface area contributed by atoms with Crippen molar-refractivity contribution in [1.29, 1.82) is 0 Å². The molecule has 0 aliphatic carbocycles. The van der Waals surface area contributed by atoms with Crippen molar-refractivity contribution in [3.63, 3.8) is 0 Å². The summed E-state index contributed by atoms with van der Waals surface area (Å²) < 4.78 is 11.7. The Morgan fingerprint density at radius 2 is 2.20 bits per heavy atom. The number of thiazole rings is 1. The number of nitrogens with zero attached hydrogens (tertiary/aromatic N) is 1. The Hall–Kier alpha value is -1.66. The fourth-order valence-corrected chi connectivity index (χ4v) is 3.63. The quantitative estimate of drug-likeness (QED) is 0.942. The number of ether oxygens (including phenoxy) is 2. The molecule has 0 bridgehead atoms. The van der Waals surface area contributed by atoms with Gasteiger partial charge in [0, 0.05) is 13.2 Å². The Labute approximate surface area is 120 Å².